The Labute approximate surface area is 103 Å². The summed E-state index contributed by atoms with van der Waals surface area (Å²) in [4.78, 5) is 0. The van der Waals surface area contributed by atoms with Crippen molar-refractivity contribution < 1.29 is 0 Å². The Morgan fingerprint density at radius 3 is 2.82 bits per heavy atom. The minimum Gasteiger partial charge on any atom is -0.324 e. The van der Waals surface area contributed by atoms with E-state index in [9.17, 15) is 0 Å². The Hall–Kier alpha value is -1.76. The van der Waals surface area contributed by atoms with Gasteiger partial charge in [0.1, 0.15) is 0 Å². The molecule has 0 spiro atoms. The van der Waals surface area contributed by atoms with Gasteiger partial charge in [-0.05, 0) is 30.9 Å². The smallest absolute Gasteiger partial charge is 0.0524 e. The maximum absolute atomic E-state index is 3.86. The summed E-state index contributed by atoms with van der Waals surface area (Å²) in [6, 6.07) is 8.50. The van der Waals surface area contributed by atoms with Crippen molar-refractivity contribution in [2.24, 2.45) is 5.92 Å². The van der Waals surface area contributed by atoms with Gasteiger partial charge in [-0.3, -0.25) is 0 Å². The van der Waals surface area contributed by atoms with Crippen molar-refractivity contribution >= 4 is 17.1 Å². The van der Waals surface area contributed by atoms with Crippen LogP contribution in [0.4, 0.5) is 0 Å². The van der Waals surface area contributed by atoms with E-state index in [1.807, 2.05) is 6.20 Å². The number of hydrogen-bond acceptors (Lipinski definition) is 0. The first-order chi connectivity index (χ1) is 8.26. The lowest BCUT2D eigenvalue weighted by Gasteiger charge is -2.04. The second-order valence-corrected chi connectivity index (χ2v) is 4.47. The number of allylic oxidation sites excluding steroid dienone is 2. The van der Waals surface area contributed by atoms with Crippen LogP contribution in [0, 0.1) is 5.92 Å². The maximum Gasteiger partial charge on any atom is 0.0524 e. The molecule has 1 atom stereocenters. The lowest BCUT2D eigenvalue weighted by atomic mass is 10.0. The predicted molar refractivity (Wildman–Crippen MR) is 76.0 cm³/mol. The molecule has 0 aliphatic carbocycles. The summed E-state index contributed by atoms with van der Waals surface area (Å²) in [6.07, 6.45) is 9.51. The Balaban J connectivity index is 2.43. The molecule has 0 saturated carbocycles. The number of hydrogen-bond donors (Lipinski definition) is 0. The van der Waals surface area contributed by atoms with Crippen molar-refractivity contribution in [3.05, 3.63) is 54.8 Å². The van der Waals surface area contributed by atoms with Crippen molar-refractivity contribution in [1.29, 1.82) is 0 Å². The van der Waals surface area contributed by atoms with Gasteiger partial charge in [-0.1, -0.05) is 43.9 Å². The summed E-state index contributed by atoms with van der Waals surface area (Å²) >= 11 is 0. The Bertz CT molecular complexity index is 546. The quantitative estimate of drug-likeness (QED) is 0.675. The van der Waals surface area contributed by atoms with E-state index in [0.29, 0.717) is 5.92 Å². The van der Waals surface area contributed by atoms with E-state index in [-0.39, 0.29) is 0 Å². The molecular formula is C16H19N. The zero-order chi connectivity index (χ0) is 12.3. The fraction of sp³-hybridized carbons (Fsp3) is 0.250. The fourth-order valence-corrected chi connectivity index (χ4v) is 2.33. The van der Waals surface area contributed by atoms with Crippen molar-refractivity contribution in [2.45, 2.75) is 20.3 Å². The molecule has 0 saturated heterocycles. The third-order valence-electron chi connectivity index (χ3n) is 3.08. The average molecular weight is 225 g/mol. The summed E-state index contributed by atoms with van der Waals surface area (Å²) in [6.45, 7) is 8.18. The molecule has 1 aromatic heterocycles. The number of rotatable bonds is 4. The molecule has 1 heteroatoms. The molecule has 2 rings (SSSR count). The van der Waals surface area contributed by atoms with E-state index in [1.54, 1.807) is 0 Å². The zero-order valence-electron chi connectivity index (χ0n) is 10.6. The lowest BCUT2D eigenvalue weighted by molar-refractivity contribution is 0.725. The molecule has 0 bridgehead atoms. The van der Waals surface area contributed by atoms with Crippen LogP contribution in [0.5, 0.6) is 0 Å². The van der Waals surface area contributed by atoms with Crippen LogP contribution in [0.2, 0.25) is 0 Å². The Morgan fingerprint density at radius 2 is 2.12 bits per heavy atom. The number of para-hydroxylation sites is 1. The van der Waals surface area contributed by atoms with Crippen molar-refractivity contribution in [3.8, 4) is 0 Å². The first-order valence-corrected chi connectivity index (χ1v) is 6.10. The first kappa shape index (κ1) is 11.7. The fourth-order valence-electron chi connectivity index (χ4n) is 2.33. The molecule has 1 heterocycles. The van der Waals surface area contributed by atoms with Gasteiger partial charge >= 0.3 is 0 Å². The monoisotopic (exact) mass is 225 g/mol. The summed E-state index contributed by atoms with van der Waals surface area (Å²) in [5.74, 6) is 0.573. The van der Waals surface area contributed by atoms with Crippen molar-refractivity contribution in [1.82, 2.24) is 4.57 Å². The molecule has 0 amide bonds. The molecule has 0 fully saturated rings. The topological polar surface area (TPSA) is 4.93 Å². The van der Waals surface area contributed by atoms with Gasteiger partial charge in [-0.15, -0.1) is 0 Å². The zero-order valence-corrected chi connectivity index (χ0v) is 10.6. The van der Waals surface area contributed by atoms with E-state index in [4.69, 9.17) is 0 Å². The van der Waals surface area contributed by atoms with Crippen LogP contribution in [0.25, 0.3) is 17.1 Å². The second kappa shape index (κ2) is 5.05. The van der Waals surface area contributed by atoms with E-state index < -0.39 is 0 Å². The lowest BCUT2D eigenvalue weighted by Crippen LogP contribution is -1.94. The second-order valence-electron chi connectivity index (χ2n) is 4.47. The first-order valence-electron chi connectivity index (χ1n) is 6.10. The summed E-state index contributed by atoms with van der Waals surface area (Å²) in [5, 5.41) is 1.34. The normalized spacial score (nSPS) is 13.3. The van der Waals surface area contributed by atoms with E-state index in [0.717, 1.165) is 6.42 Å². The van der Waals surface area contributed by atoms with E-state index in [2.05, 4.69) is 67.6 Å². The van der Waals surface area contributed by atoms with Crippen LogP contribution in [-0.2, 0) is 6.42 Å². The average Bonchev–Trinajstić information content (AvgIpc) is 2.68. The molecule has 0 N–H and O–H groups in total. The number of fused-ring (bicyclic) bond motifs is 1. The van der Waals surface area contributed by atoms with Crippen LogP contribution < -0.4 is 0 Å². The molecule has 0 radical (unpaired) electrons. The van der Waals surface area contributed by atoms with Gasteiger partial charge in [0, 0.05) is 17.8 Å². The molecule has 2 aromatic rings. The molecule has 17 heavy (non-hydrogen) atoms. The molecule has 88 valence electrons. The predicted octanol–water partition coefficient (Wildman–Crippen LogP) is 4.50. The van der Waals surface area contributed by atoms with Crippen LogP contribution in [0.1, 0.15) is 19.4 Å². The van der Waals surface area contributed by atoms with Crippen molar-refractivity contribution in [3.63, 3.8) is 0 Å². The highest BCUT2D eigenvalue weighted by molar-refractivity contribution is 5.85. The summed E-state index contributed by atoms with van der Waals surface area (Å²) in [5.41, 5.74) is 2.64. The summed E-state index contributed by atoms with van der Waals surface area (Å²) in [7, 11) is 0. The maximum atomic E-state index is 3.86. The van der Waals surface area contributed by atoms with Crippen molar-refractivity contribution in [2.75, 3.05) is 0 Å². The standard InChI is InChI=1S/C16H19N/c1-4-8-13(3)11-14-12-17(5-2)16-10-7-6-9-15(14)16/h4-10,12-13H,2,11H2,1,3H3/b8-4-. The van der Waals surface area contributed by atoms with E-state index >= 15 is 0 Å². The van der Waals surface area contributed by atoms with Gasteiger partial charge in [-0.2, -0.15) is 0 Å². The number of nitrogens with zero attached hydrogens (tertiary/aromatic N) is 1. The number of benzene rings is 1. The number of aromatic nitrogens is 1. The van der Waals surface area contributed by atoms with Crippen LogP contribution in [-0.4, -0.2) is 4.57 Å². The molecule has 1 unspecified atom stereocenters. The molecule has 1 aromatic carbocycles. The third-order valence-corrected chi connectivity index (χ3v) is 3.08. The molecule has 0 aliphatic rings. The Morgan fingerprint density at radius 1 is 1.35 bits per heavy atom. The highest BCUT2D eigenvalue weighted by Gasteiger charge is 2.08. The van der Waals surface area contributed by atoms with Crippen LogP contribution in [0.15, 0.2) is 49.2 Å². The summed E-state index contributed by atoms with van der Waals surface area (Å²) < 4.78 is 2.10. The SMILES string of the molecule is C=Cn1cc(CC(C)/C=C\C)c2ccccc21. The van der Waals surface area contributed by atoms with E-state index in [1.165, 1.54) is 16.5 Å². The van der Waals surface area contributed by atoms with Gasteiger partial charge in [-0.25, -0.2) is 0 Å². The molecule has 0 aliphatic heterocycles. The van der Waals surface area contributed by atoms with Gasteiger partial charge in [0.2, 0.25) is 0 Å². The van der Waals surface area contributed by atoms with Gasteiger partial charge in [0.15, 0.2) is 0 Å². The minimum atomic E-state index is 0.573. The highest BCUT2D eigenvalue weighted by Crippen LogP contribution is 2.24. The third kappa shape index (κ3) is 2.33. The largest absolute Gasteiger partial charge is 0.324 e. The van der Waals surface area contributed by atoms with Crippen LogP contribution in [0.3, 0.4) is 0 Å². The minimum absolute atomic E-state index is 0.573. The Kier molecular flexibility index (Phi) is 3.48. The van der Waals surface area contributed by atoms with Crippen LogP contribution >= 0.6 is 0 Å². The van der Waals surface area contributed by atoms with Gasteiger partial charge < -0.3 is 4.57 Å². The molecular weight excluding hydrogens is 206 g/mol. The van der Waals surface area contributed by atoms with Gasteiger partial charge in [0.05, 0.1) is 5.52 Å². The van der Waals surface area contributed by atoms with Gasteiger partial charge in [0.25, 0.3) is 0 Å². The highest BCUT2D eigenvalue weighted by atomic mass is 14.9. The molecule has 1 nitrogen and oxygen atoms in total.